The summed E-state index contributed by atoms with van der Waals surface area (Å²) >= 11 is 0. The molecule has 0 bridgehead atoms. The van der Waals surface area contributed by atoms with Gasteiger partial charge in [0.25, 0.3) is 0 Å². The highest BCUT2D eigenvalue weighted by Crippen LogP contribution is 1.96. The summed E-state index contributed by atoms with van der Waals surface area (Å²) in [5.74, 6) is 0. The van der Waals surface area contributed by atoms with Gasteiger partial charge in [0.2, 0.25) is 0 Å². The summed E-state index contributed by atoms with van der Waals surface area (Å²) < 4.78 is 0. The van der Waals surface area contributed by atoms with Crippen LogP contribution in [-0.2, 0) is 0 Å². The third-order valence-electron chi connectivity index (χ3n) is 2.58. The highest BCUT2D eigenvalue weighted by Gasteiger charge is 2.16. The average Bonchev–Trinajstić information content (AvgIpc) is 2.20. The summed E-state index contributed by atoms with van der Waals surface area (Å²) in [6.45, 7) is 6.52. The minimum absolute atomic E-state index is 0.0166. The van der Waals surface area contributed by atoms with Gasteiger partial charge in [0.1, 0.15) is 0 Å². The predicted octanol–water partition coefficient (Wildman–Crippen LogP) is -0.190. The second-order valence-corrected chi connectivity index (χ2v) is 3.72. The number of amides is 2. The number of nitrogens with zero attached hydrogens (tertiary/aromatic N) is 3. The minimum Gasteiger partial charge on any atom is -0.327 e. The maximum Gasteiger partial charge on any atom is 0.331 e. The first-order chi connectivity index (χ1) is 6.63. The number of nitrogens with one attached hydrogen (secondary N) is 1. The fourth-order valence-electron chi connectivity index (χ4n) is 1.28. The van der Waals surface area contributed by atoms with Gasteiger partial charge in [-0.1, -0.05) is 0 Å². The molecule has 5 heteroatoms. The van der Waals surface area contributed by atoms with Crippen molar-refractivity contribution in [3.63, 3.8) is 0 Å². The van der Waals surface area contributed by atoms with Gasteiger partial charge in [-0.2, -0.15) is 0 Å². The Balaban J connectivity index is 2.27. The van der Waals surface area contributed by atoms with Crippen molar-refractivity contribution in [2.75, 3.05) is 46.8 Å². The average molecular weight is 200 g/mol. The molecule has 0 unspecified atom stereocenters. The molecule has 14 heavy (non-hydrogen) atoms. The van der Waals surface area contributed by atoms with Gasteiger partial charge in [0.05, 0.1) is 0 Å². The lowest BCUT2D eigenvalue weighted by atomic mass is 10.4. The molecule has 2 amide bonds. The van der Waals surface area contributed by atoms with E-state index in [1.165, 1.54) is 0 Å². The van der Waals surface area contributed by atoms with Crippen molar-refractivity contribution >= 4 is 6.03 Å². The molecular formula is C9H20N4O. The van der Waals surface area contributed by atoms with E-state index in [4.69, 9.17) is 0 Å². The SMILES string of the molecule is CCN(C)C(=O)NN1CCN(C)CC1. The van der Waals surface area contributed by atoms with Crippen LogP contribution in [0.1, 0.15) is 6.92 Å². The summed E-state index contributed by atoms with van der Waals surface area (Å²) in [6.07, 6.45) is 0. The van der Waals surface area contributed by atoms with Crippen LogP contribution in [0.25, 0.3) is 0 Å². The number of likely N-dealkylation sites (N-methyl/N-ethyl adjacent to an activating group) is 1. The third kappa shape index (κ3) is 3.16. The fourth-order valence-corrected chi connectivity index (χ4v) is 1.28. The molecule has 1 fully saturated rings. The van der Waals surface area contributed by atoms with E-state index in [1.807, 2.05) is 11.9 Å². The number of piperazine rings is 1. The predicted molar refractivity (Wildman–Crippen MR) is 55.9 cm³/mol. The Labute approximate surface area is 85.6 Å². The van der Waals surface area contributed by atoms with E-state index in [2.05, 4.69) is 17.4 Å². The Bertz CT molecular complexity index is 189. The molecule has 1 aliphatic rings. The Morgan fingerprint density at radius 1 is 1.36 bits per heavy atom. The second-order valence-electron chi connectivity index (χ2n) is 3.72. The van der Waals surface area contributed by atoms with Gasteiger partial charge in [0, 0.05) is 39.8 Å². The quantitative estimate of drug-likeness (QED) is 0.671. The van der Waals surface area contributed by atoms with Crippen LogP contribution in [-0.4, -0.2) is 67.7 Å². The summed E-state index contributed by atoms with van der Waals surface area (Å²) in [7, 11) is 3.89. The van der Waals surface area contributed by atoms with E-state index < -0.39 is 0 Å². The van der Waals surface area contributed by atoms with Crippen molar-refractivity contribution in [3.05, 3.63) is 0 Å². The molecule has 0 aliphatic carbocycles. The summed E-state index contributed by atoms with van der Waals surface area (Å²) in [4.78, 5) is 15.4. The van der Waals surface area contributed by atoms with Crippen LogP contribution < -0.4 is 5.43 Å². The van der Waals surface area contributed by atoms with Crippen LogP contribution in [0.2, 0.25) is 0 Å². The van der Waals surface area contributed by atoms with Gasteiger partial charge in [-0.05, 0) is 14.0 Å². The molecule has 0 aromatic heterocycles. The first kappa shape index (κ1) is 11.3. The maximum absolute atomic E-state index is 11.5. The van der Waals surface area contributed by atoms with E-state index in [-0.39, 0.29) is 6.03 Å². The van der Waals surface area contributed by atoms with Crippen molar-refractivity contribution < 1.29 is 4.79 Å². The van der Waals surface area contributed by atoms with Gasteiger partial charge >= 0.3 is 6.03 Å². The molecule has 1 rings (SSSR count). The molecule has 0 aromatic rings. The number of urea groups is 1. The third-order valence-corrected chi connectivity index (χ3v) is 2.58. The normalized spacial score (nSPS) is 19.4. The first-order valence-corrected chi connectivity index (χ1v) is 5.08. The zero-order valence-corrected chi connectivity index (χ0v) is 9.29. The zero-order valence-electron chi connectivity index (χ0n) is 9.29. The number of carbonyl (C=O) groups is 1. The molecule has 1 heterocycles. The van der Waals surface area contributed by atoms with Crippen molar-refractivity contribution in [1.29, 1.82) is 0 Å². The lowest BCUT2D eigenvalue weighted by molar-refractivity contribution is 0.103. The number of hydrazine groups is 1. The fraction of sp³-hybridized carbons (Fsp3) is 0.889. The highest BCUT2D eigenvalue weighted by molar-refractivity contribution is 5.73. The topological polar surface area (TPSA) is 38.8 Å². The van der Waals surface area contributed by atoms with Crippen molar-refractivity contribution in [2.24, 2.45) is 0 Å². The molecule has 1 aliphatic heterocycles. The van der Waals surface area contributed by atoms with E-state index in [0.29, 0.717) is 0 Å². The Morgan fingerprint density at radius 2 is 1.93 bits per heavy atom. The lowest BCUT2D eigenvalue weighted by Crippen LogP contribution is -2.55. The number of rotatable bonds is 2. The summed E-state index contributed by atoms with van der Waals surface area (Å²) in [5, 5.41) is 1.98. The number of carbonyl (C=O) groups excluding carboxylic acids is 1. The van der Waals surface area contributed by atoms with E-state index in [1.54, 1.807) is 11.9 Å². The molecule has 0 aromatic carbocycles. The lowest BCUT2D eigenvalue weighted by Gasteiger charge is -2.33. The van der Waals surface area contributed by atoms with Gasteiger partial charge in [-0.15, -0.1) is 0 Å². The van der Waals surface area contributed by atoms with Crippen molar-refractivity contribution in [1.82, 2.24) is 20.2 Å². The van der Waals surface area contributed by atoms with Gasteiger partial charge in [-0.3, -0.25) is 5.43 Å². The zero-order chi connectivity index (χ0) is 10.6. The van der Waals surface area contributed by atoms with Crippen LogP contribution in [0.3, 0.4) is 0 Å². The van der Waals surface area contributed by atoms with Gasteiger partial charge in [-0.25, -0.2) is 9.80 Å². The van der Waals surface area contributed by atoms with Crippen molar-refractivity contribution in [3.8, 4) is 0 Å². The monoisotopic (exact) mass is 200 g/mol. The largest absolute Gasteiger partial charge is 0.331 e. The molecule has 0 saturated carbocycles. The highest BCUT2D eigenvalue weighted by atomic mass is 16.2. The Hall–Kier alpha value is -0.810. The van der Waals surface area contributed by atoms with E-state index in [0.717, 1.165) is 32.7 Å². The standard InChI is InChI=1S/C9H20N4O/c1-4-12(3)9(14)10-13-7-5-11(2)6-8-13/h4-8H2,1-3H3,(H,10,14). The first-order valence-electron chi connectivity index (χ1n) is 5.08. The molecule has 0 radical (unpaired) electrons. The van der Waals surface area contributed by atoms with Crippen LogP contribution in [0, 0.1) is 0 Å². The Morgan fingerprint density at radius 3 is 2.43 bits per heavy atom. The minimum atomic E-state index is -0.0166. The molecule has 82 valence electrons. The van der Waals surface area contributed by atoms with Crippen LogP contribution >= 0.6 is 0 Å². The van der Waals surface area contributed by atoms with Gasteiger partial charge < -0.3 is 9.80 Å². The maximum atomic E-state index is 11.5. The number of hydrogen-bond acceptors (Lipinski definition) is 3. The van der Waals surface area contributed by atoms with Crippen LogP contribution in [0.5, 0.6) is 0 Å². The molecule has 1 saturated heterocycles. The number of hydrogen-bond donors (Lipinski definition) is 1. The van der Waals surface area contributed by atoms with Crippen molar-refractivity contribution in [2.45, 2.75) is 6.92 Å². The molecule has 5 nitrogen and oxygen atoms in total. The van der Waals surface area contributed by atoms with Gasteiger partial charge in [0.15, 0.2) is 0 Å². The summed E-state index contributed by atoms with van der Waals surface area (Å²) in [5.41, 5.74) is 2.88. The van der Waals surface area contributed by atoms with Crippen LogP contribution in [0.4, 0.5) is 4.79 Å². The smallest absolute Gasteiger partial charge is 0.327 e. The molecule has 1 N–H and O–H groups in total. The molecule has 0 spiro atoms. The molecular weight excluding hydrogens is 180 g/mol. The second kappa shape index (κ2) is 5.17. The van der Waals surface area contributed by atoms with Crippen LogP contribution in [0.15, 0.2) is 0 Å². The van der Waals surface area contributed by atoms with E-state index in [9.17, 15) is 4.79 Å². The van der Waals surface area contributed by atoms with E-state index >= 15 is 0 Å². The summed E-state index contributed by atoms with van der Waals surface area (Å²) in [6, 6.07) is -0.0166. The Kier molecular flexibility index (Phi) is 4.16. The molecule has 0 atom stereocenters.